The molecule has 20 heteroatoms. The lowest BCUT2D eigenvalue weighted by molar-refractivity contribution is -0.144. The molecule has 420 valence electrons. The number of rotatable bonds is 31. The van der Waals surface area contributed by atoms with E-state index in [1.165, 1.54) is 27.4 Å². The van der Waals surface area contributed by atoms with Gasteiger partial charge in [-0.1, -0.05) is 57.2 Å². The number of benzene rings is 3. The van der Waals surface area contributed by atoms with Crippen LogP contribution in [0.15, 0.2) is 77.0 Å². The quantitative estimate of drug-likeness (QED) is 0.0245. The van der Waals surface area contributed by atoms with Crippen LogP contribution in [0.25, 0.3) is 21.4 Å². The molecular weight excluding hydrogens is 1040 g/mol. The Hall–Kier alpha value is -6.15. The van der Waals surface area contributed by atoms with Crippen LogP contribution in [0, 0.1) is 25.8 Å². The van der Waals surface area contributed by atoms with Gasteiger partial charge in [-0.3, -0.25) is 28.9 Å². The van der Waals surface area contributed by atoms with Gasteiger partial charge in [0.15, 0.2) is 17.2 Å². The molecule has 3 heterocycles. The van der Waals surface area contributed by atoms with Crippen molar-refractivity contribution in [3.8, 4) is 27.7 Å². The van der Waals surface area contributed by atoms with Crippen molar-refractivity contribution < 1.29 is 62.2 Å². The number of ether oxygens (including phenoxy) is 7. The van der Waals surface area contributed by atoms with Gasteiger partial charge in [-0.2, -0.15) is 0 Å². The third kappa shape index (κ3) is 18.5. The first kappa shape index (κ1) is 61.1. The van der Waals surface area contributed by atoms with Gasteiger partial charge in [0, 0.05) is 50.8 Å². The van der Waals surface area contributed by atoms with Crippen molar-refractivity contribution >= 4 is 63.7 Å². The molecule has 18 nitrogen and oxygen atoms in total. The molecule has 4 aromatic rings. The van der Waals surface area contributed by atoms with E-state index in [1.54, 1.807) is 53.8 Å². The van der Waals surface area contributed by atoms with Gasteiger partial charge in [-0.25, -0.2) is 4.85 Å². The number of thioether (sulfide) groups is 1. The molecule has 2 fully saturated rings. The predicted molar refractivity (Wildman–Crippen MR) is 300 cm³/mol. The summed E-state index contributed by atoms with van der Waals surface area (Å²) in [7, 11) is 1.52. The van der Waals surface area contributed by atoms with Crippen LogP contribution < -0.4 is 20.1 Å². The van der Waals surface area contributed by atoms with E-state index in [0.717, 1.165) is 54.1 Å². The molecule has 0 saturated carbocycles. The zero-order valence-corrected chi connectivity index (χ0v) is 47.1. The number of aliphatic hydroxyl groups excluding tert-OH is 1. The first-order valence-corrected chi connectivity index (χ1v) is 27.9. The van der Waals surface area contributed by atoms with Crippen molar-refractivity contribution in [1.29, 1.82) is 0 Å². The molecule has 1 aromatic heterocycles. The van der Waals surface area contributed by atoms with Gasteiger partial charge in [-0.15, -0.1) is 11.3 Å². The summed E-state index contributed by atoms with van der Waals surface area (Å²) in [6.45, 7) is 20.4. The minimum atomic E-state index is -0.957. The van der Waals surface area contributed by atoms with Crippen LogP contribution in [0.3, 0.4) is 0 Å². The third-order valence-corrected chi connectivity index (χ3v) is 14.8. The second-order valence-electron chi connectivity index (χ2n) is 19.9. The van der Waals surface area contributed by atoms with Crippen LogP contribution in [-0.2, 0) is 49.4 Å². The maximum atomic E-state index is 13.9. The van der Waals surface area contributed by atoms with Crippen LogP contribution in [-0.4, -0.2) is 148 Å². The van der Waals surface area contributed by atoms with Gasteiger partial charge >= 0.3 is 0 Å². The summed E-state index contributed by atoms with van der Waals surface area (Å²) in [6.07, 6.45) is 4.17. The zero-order valence-electron chi connectivity index (χ0n) is 45.5. The molecule has 0 bridgehead atoms. The van der Waals surface area contributed by atoms with Crippen LogP contribution in [0.1, 0.15) is 75.1 Å². The van der Waals surface area contributed by atoms with Crippen LogP contribution in [0.4, 0.5) is 10.5 Å². The molecule has 0 unspecified atom stereocenters. The molecule has 3 N–H and O–H groups in total. The fourth-order valence-electron chi connectivity index (χ4n) is 8.49. The molecule has 0 spiro atoms. The second-order valence-corrected chi connectivity index (χ2v) is 21.8. The molecule has 0 radical (unpaired) electrons. The Kier molecular flexibility index (Phi) is 24.2. The normalized spacial score (nSPS) is 16.4. The second kappa shape index (κ2) is 30.9. The van der Waals surface area contributed by atoms with E-state index in [9.17, 15) is 29.1 Å². The first-order valence-electron chi connectivity index (χ1n) is 26.2. The number of carbonyl (C=O) groups excluding carboxylic acids is 5. The van der Waals surface area contributed by atoms with Gasteiger partial charge in [0.05, 0.1) is 64.3 Å². The number of imide groups is 1. The molecule has 2 aliphatic heterocycles. The largest absolute Gasteiger partial charge is 0.493 e. The topological polar surface area (TPSA) is 205 Å². The Balaban J connectivity index is 0.745. The molecule has 6 rings (SSSR count). The predicted octanol–water partition coefficient (Wildman–Crippen LogP) is 8.87. The highest BCUT2D eigenvalue weighted by atomic mass is 32.2. The molecule has 3 atom stereocenters. The zero-order chi connectivity index (χ0) is 56.0. The van der Waals surface area contributed by atoms with Crippen molar-refractivity contribution in [3.05, 3.63) is 111 Å². The molecule has 0 aliphatic carbocycles. The maximum Gasteiger partial charge on any atom is 0.293 e. The fourth-order valence-corrected chi connectivity index (χ4v) is 10.3. The minimum absolute atomic E-state index is 0.0118. The fraction of sp³-hybridized carbons (Fsp3) is 0.483. The molecule has 3 aromatic carbocycles. The number of methoxy groups -OCH3 is 1. The van der Waals surface area contributed by atoms with Gasteiger partial charge < -0.3 is 53.8 Å². The van der Waals surface area contributed by atoms with E-state index in [2.05, 4.69) is 33.8 Å². The summed E-state index contributed by atoms with van der Waals surface area (Å²) in [6, 6.07) is 18.6. The van der Waals surface area contributed by atoms with Crippen molar-refractivity contribution in [2.75, 3.05) is 86.3 Å². The summed E-state index contributed by atoms with van der Waals surface area (Å²) in [5.74, 6) is -0.152. The number of carbonyl (C=O) groups is 5. The molecular formula is C58H73N5O13S2. The molecule has 78 heavy (non-hydrogen) atoms. The SMILES string of the molecule is [C-]#[N+]c1ccc(Oc2ccc(/C=C3\SC(=O)N(CCOCCOCCCCOCCCCOCCOCC(=O)N[C@H](C(=O)N4C[C@H](O)C[C@@H]4C(=O)NCc4ccc(-c5sccc5C)cc4)C(C)(C)C)C3=O)cc2OC)c(C)c1. The average molecular weight is 1110 g/mol. The first-order chi connectivity index (χ1) is 37.6. The number of nitrogens with zero attached hydrogens (tertiary/aromatic N) is 3. The summed E-state index contributed by atoms with van der Waals surface area (Å²) in [5.41, 5.74) is 4.53. The lowest BCUT2D eigenvalue weighted by Crippen LogP contribution is -2.58. The van der Waals surface area contributed by atoms with Crippen LogP contribution in [0.2, 0.25) is 0 Å². The van der Waals surface area contributed by atoms with Crippen molar-refractivity contribution in [2.45, 2.75) is 91.5 Å². The van der Waals surface area contributed by atoms with Crippen molar-refractivity contribution in [2.24, 2.45) is 5.41 Å². The average Bonchev–Trinajstić information content (AvgIpc) is 4.13. The number of amides is 5. The summed E-state index contributed by atoms with van der Waals surface area (Å²) >= 11 is 2.55. The lowest BCUT2D eigenvalue weighted by atomic mass is 9.85. The lowest BCUT2D eigenvalue weighted by Gasteiger charge is -2.35. The number of aliphatic hydroxyl groups is 1. The van der Waals surface area contributed by atoms with Crippen LogP contribution in [0.5, 0.6) is 17.2 Å². The highest BCUT2D eigenvalue weighted by Gasteiger charge is 2.44. The number of β-amino-alcohol motifs (C(OH)–C–C–N with tert-alkyl or cyclic N) is 1. The van der Waals surface area contributed by atoms with E-state index in [4.69, 9.17) is 39.7 Å². The van der Waals surface area contributed by atoms with E-state index >= 15 is 0 Å². The van der Waals surface area contributed by atoms with Crippen molar-refractivity contribution in [3.63, 3.8) is 0 Å². The highest BCUT2D eigenvalue weighted by Crippen LogP contribution is 2.38. The number of nitrogens with one attached hydrogen (secondary N) is 2. The monoisotopic (exact) mass is 1110 g/mol. The Labute approximate surface area is 465 Å². The van der Waals surface area contributed by atoms with Crippen LogP contribution >= 0.6 is 23.1 Å². The smallest absolute Gasteiger partial charge is 0.293 e. The number of hydrogen-bond donors (Lipinski definition) is 3. The van der Waals surface area contributed by atoms with E-state index in [1.807, 2.05) is 52.0 Å². The third-order valence-electron chi connectivity index (χ3n) is 12.8. The number of thiophene rings is 1. The van der Waals surface area contributed by atoms with Gasteiger partial charge in [-0.05, 0) is 126 Å². The molecule has 2 aliphatic rings. The Morgan fingerprint density at radius 2 is 1.45 bits per heavy atom. The van der Waals surface area contributed by atoms with Crippen molar-refractivity contribution in [1.82, 2.24) is 20.4 Å². The number of hydrogen-bond acceptors (Lipinski definition) is 15. The van der Waals surface area contributed by atoms with Gasteiger partial charge in [0.25, 0.3) is 11.1 Å². The van der Waals surface area contributed by atoms with E-state index in [-0.39, 0.29) is 62.9 Å². The van der Waals surface area contributed by atoms with E-state index < -0.39 is 35.4 Å². The van der Waals surface area contributed by atoms with Gasteiger partial charge in [0.1, 0.15) is 24.4 Å². The standard InChI is InChI=1S/C58H73N5O13S2/c1-39-20-31-77-52(39)43-15-12-41(13-16-43)36-60-54(66)46-35-45(64)37-63(46)56(68)53(58(3,4)5)61-51(65)38-75-30-29-73-25-11-9-23-71-22-8-10-24-72-27-28-74-26-21-62-55(67)50(78-57(62)69)34-42-14-18-48(49(33-42)70-7)76-47-19-17-44(59-6)32-40(47)2/h12-20,31-34,45-46,53,64H,8-11,21-30,35-38H2,1-5,7H3,(H,60,66)(H,61,65)/b50-34-/t45-,46-,53-/m1/s1. The summed E-state index contributed by atoms with van der Waals surface area (Å²) in [5, 5.41) is 18.0. The summed E-state index contributed by atoms with van der Waals surface area (Å²) < 4.78 is 39.8. The molecule has 2 saturated heterocycles. The van der Waals surface area contributed by atoms with Gasteiger partial charge in [0.2, 0.25) is 17.7 Å². The number of aryl methyl sites for hydroxylation is 2. The number of unbranched alkanes of at least 4 members (excludes halogenated alkanes) is 2. The minimum Gasteiger partial charge on any atom is -0.493 e. The number of likely N-dealkylation sites (tertiary alicyclic amines) is 1. The molecule has 5 amide bonds. The van der Waals surface area contributed by atoms with E-state index in [0.29, 0.717) is 79.7 Å². The Bertz CT molecular complexity index is 2720. The Morgan fingerprint density at radius 3 is 2.06 bits per heavy atom. The Morgan fingerprint density at radius 1 is 0.808 bits per heavy atom. The summed E-state index contributed by atoms with van der Waals surface area (Å²) in [4.78, 5) is 73.6. The maximum absolute atomic E-state index is 13.9. The highest BCUT2D eigenvalue weighted by molar-refractivity contribution is 8.18.